The molecule has 1 saturated heterocycles. The van der Waals surface area contributed by atoms with Gasteiger partial charge in [-0.15, -0.1) is 0 Å². The Balaban J connectivity index is 1.70. The van der Waals surface area contributed by atoms with Crippen molar-refractivity contribution in [1.29, 1.82) is 0 Å². The number of carbonyl (C=O) groups is 1. The van der Waals surface area contributed by atoms with Gasteiger partial charge in [0.15, 0.2) is 0 Å². The second-order valence-corrected chi connectivity index (χ2v) is 9.50. The van der Waals surface area contributed by atoms with E-state index in [1.807, 2.05) is 12.1 Å². The molecule has 1 aliphatic heterocycles. The van der Waals surface area contributed by atoms with Gasteiger partial charge in [-0.25, -0.2) is 8.42 Å². The maximum Gasteiger partial charge on any atom is 0.253 e. The van der Waals surface area contributed by atoms with Gasteiger partial charge in [0, 0.05) is 37.3 Å². The summed E-state index contributed by atoms with van der Waals surface area (Å²) in [6, 6.07) is 13.6. The summed E-state index contributed by atoms with van der Waals surface area (Å²) in [7, 11) is -1.78. The third-order valence-electron chi connectivity index (χ3n) is 4.98. The van der Waals surface area contributed by atoms with E-state index in [9.17, 15) is 13.2 Å². The minimum absolute atomic E-state index is 0.159. The zero-order valence-electron chi connectivity index (χ0n) is 16.0. The van der Waals surface area contributed by atoms with E-state index in [1.54, 1.807) is 40.5 Å². The van der Waals surface area contributed by atoms with Crippen LogP contribution in [-0.2, 0) is 16.6 Å². The van der Waals surface area contributed by atoms with Gasteiger partial charge in [-0.2, -0.15) is 4.31 Å². The van der Waals surface area contributed by atoms with E-state index in [0.29, 0.717) is 30.2 Å². The normalized spacial score (nSPS) is 15.8. The summed E-state index contributed by atoms with van der Waals surface area (Å²) in [4.78, 5) is 14.5. The Kier molecular flexibility index (Phi) is 6.75. The van der Waals surface area contributed by atoms with Crippen molar-refractivity contribution in [2.45, 2.75) is 37.1 Å². The number of rotatable bonds is 5. The summed E-state index contributed by atoms with van der Waals surface area (Å²) in [5.74, 6) is -0.159. The van der Waals surface area contributed by atoms with Gasteiger partial charge in [-0.1, -0.05) is 36.6 Å². The number of amides is 1. The fourth-order valence-electron chi connectivity index (χ4n) is 3.36. The number of nitrogens with zero attached hydrogens (tertiary/aromatic N) is 2. The summed E-state index contributed by atoms with van der Waals surface area (Å²) in [6.45, 7) is 1.57. The van der Waals surface area contributed by atoms with Crippen LogP contribution in [0.25, 0.3) is 0 Å². The van der Waals surface area contributed by atoms with Crippen LogP contribution in [-0.4, -0.2) is 43.7 Å². The summed E-state index contributed by atoms with van der Waals surface area (Å²) in [6.07, 6.45) is 3.93. The zero-order chi connectivity index (χ0) is 20.1. The molecule has 1 fully saturated rings. The molecule has 0 bridgehead atoms. The highest BCUT2D eigenvalue weighted by atomic mass is 35.5. The molecule has 0 aromatic heterocycles. The molecule has 0 saturated carbocycles. The van der Waals surface area contributed by atoms with Crippen LogP contribution in [0.2, 0.25) is 5.02 Å². The predicted octanol–water partition coefficient (Wildman–Crippen LogP) is 4.18. The Morgan fingerprint density at radius 3 is 2.11 bits per heavy atom. The van der Waals surface area contributed by atoms with Gasteiger partial charge in [0.1, 0.15) is 0 Å². The second-order valence-electron chi connectivity index (χ2n) is 7.13. The van der Waals surface area contributed by atoms with Gasteiger partial charge in [0.25, 0.3) is 5.91 Å². The fourth-order valence-corrected chi connectivity index (χ4v) is 5.00. The molecular weight excluding hydrogens is 396 g/mol. The highest BCUT2D eigenvalue weighted by Gasteiger charge is 2.25. The van der Waals surface area contributed by atoms with E-state index in [2.05, 4.69) is 0 Å². The lowest BCUT2D eigenvalue weighted by atomic mass is 10.1. The van der Waals surface area contributed by atoms with E-state index in [1.165, 1.54) is 12.1 Å². The first-order valence-corrected chi connectivity index (χ1v) is 11.3. The van der Waals surface area contributed by atoms with Crippen molar-refractivity contribution < 1.29 is 13.2 Å². The topological polar surface area (TPSA) is 57.7 Å². The van der Waals surface area contributed by atoms with Gasteiger partial charge in [-0.05, 0) is 54.8 Å². The average Bonchev–Trinajstić information content (AvgIpc) is 2.99. The van der Waals surface area contributed by atoms with Gasteiger partial charge >= 0.3 is 0 Å². The molecule has 150 valence electrons. The Bertz CT molecular complexity index is 904. The largest absolute Gasteiger partial charge is 0.337 e. The lowest BCUT2D eigenvalue weighted by Gasteiger charge is -2.20. The highest BCUT2D eigenvalue weighted by Crippen LogP contribution is 2.21. The van der Waals surface area contributed by atoms with Crippen LogP contribution in [0.5, 0.6) is 0 Å². The van der Waals surface area contributed by atoms with Crippen LogP contribution < -0.4 is 0 Å². The molecule has 2 aromatic carbocycles. The predicted molar refractivity (Wildman–Crippen MR) is 111 cm³/mol. The second kappa shape index (κ2) is 9.07. The molecule has 1 aliphatic rings. The van der Waals surface area contributed by atoms with E-state index in [4.69, 9.17) is 11.6 Å². The van der Waals surface area contributed by atoms with Crippen molar-refractivity contribution in [2.75, 3.05) is 20.1 Å². The van der Waals surface area contributed by atoms with Crippen molar-refractivity contribution >= 4 is 27.5 Å². The van der Waals surface area contributed by atoms with Gasteiger partial charge in [0.2, 0.25) is 10.0 Å². The summed E-state index contributed by atoms with van der Waals surface area (Å²) >= 11 is 5.89. The monoisotopic (exact) mass is 420 g/mol. The minimum Gasteiger partial charge on any atom is -0.337 e. The molecule has 28 heavy (non-hydrogen) atoms. The zero-order valence-corrected chi connectivity index (χ0v) is 17.5. The first-order valence-electron chi connectivity index (χ1n) is 9.48. The third-order valence-corrected chi connectivity index (χ3v) is 7.15. The molecular formula is C21H25ClN2O3S. The van der Waals surface area contributed by atoms with E-state index >= 15 is 0 Å². The number of hydrogen-bond donors (Lipinski definition) is 0. The molecule has 0 unspecified atom stereocenters. The molecule has 0 spiro atoms. The van der Waals surface area contributed by atoms with Crippen molar-refractivity contribution in [3.05, 3.63) is 64.7 Å². The molecule has 5 nitrogen and oxygen atoms in total. The Hall–Kier alpha value is -1.89. The third kappa shape index (κ3) is 4.93. The number of benzene rings is 2. The van der Waals surface area contributed by atoms with E-state index in [0.717, 1.165) is 31.2 Å². The van der Waals surface area contributed by atoms with Gasteiger partial charge in [0.05, 0.1) is 4.90 Å². The summed E-state index contributed by atoms with van der Waals surface area (Å²) in [5, 5.41) is 0.652. The Labute approximate surface area is 172 Å². The molecule has 0 atom stereocenters. The van der Waals surface area contributed by atoms with Crippen molar-refractivity contribution in [3.8, 4) is 0 Å². The van der Waals surface area contributed by atoms with E-state index < -0.39 is 10.0 Å². The van der Waals surface area contributed by atoms with E-state index in [-0.39, 0.29) is 10.8 Å². The standard InChI is InChI=1S/C21H25ClN2O3S/c1-23(16-17-6-10-19(22)11-7-17)21(25)18-8-12-20(13-9-18)28(26,27)24-14-4-2-3-5-15-24/h6-13H,2-5,14-16H2,1H3. The summed E-state index contributed by atoms with van der Waals surface area (Å²) < 4.78 is 27.2. The molecule has 0 N–H and O–H groups in total. The van der Waals surface area contributed by atoms with Crippen LogP contribution in [0.1, 0.15) is 41.6 Å². The molecule has 1 heterocycles. The maximum absolute atomic E-state index is 12.8. The Morgan fingerprint density at radius 1 is 0.964 bits per heavy atom. The highest BCUT2D eigenvalue weighted by molar-refractivity contribution is 7.89. The number of sulfonamides is 1. The van der Waals surface area contributed by atoms with Crippen LogP contribution in [0, 0.1) is 0 Å². The van der Waals surface area contributed by atoms with Gasteiger partial charge < -0.3 is 4.90 Å². The number of halogens is 1. The summed E-state index contributed by atoms with van der Waals surface area (Å²) in [5.41, 5.74) is 1.44. The molecule has 2 aromatic rings. The fraction of sp³-hybridized carbons (Fsp3) is 0.381. The van der Waals surface area contributed by atoms with Gasteiger partial charge in [-0.3, -0.25) is 4.79 Å². The van der Waals surface area contributed by atoms with Crippen molar-refractivity contribution in [1.82, 2.24) is 9.21 Å². The molecule has 1 amide bonds. The molecule has 0 aliphatic carbocycles. The van der Waals surface area contributed by atoms with Crippen molar-refractivity contribution in [3.63, 3.8) is 0 Å². The maximum atomic E-state index is 12.8. The number of carbonyl (C=O) groups excluding carboxylic acids is 1. The minimum atomic E-state index is -3.50. The Morgan fingerprint density at radius 2 is 1.54 bits per heavy atom. The molecule has 7 heteroatoms. The van der Waals surface area contributed by atoms with Crippen LogP contribution in [0.4, 0.5) is 0 Å². The lowest BCUT2D eigenvalue weighted by Crippen LogP contribution is -2.32. The van der Waals surface area contributed by atoms with Crippen LogP contribution in [0.15, 0.2) is 53.4 Å². The van der Waals surface area contributed by atoms with Crippen molar-refractivity contribution in [2.24, 2.45) is 0 Å². The first-order chi connectivity index (χ1) is 13.4. The SMILES string of the molecule is CN(Cc1ccc(Cl)cc1)C(=O)c1ccc(S(=O)(=O)N2CCCCCC2)cc1. The quantitative estimate of drug-likeness (QED) is 0.729. The average molecular weight is 421 g/mol. The lowest BCUT2D eigenvalue weighted by molar-refractivity contribution is 0.0785. The first kappa shape index (κ1) is 20.8. The van der Waals surface area contributed by atoms with Crippen LogP contribution in [0.3, 0.4) is 0 Å². The molecule has 0 radical (unpaired) electrons. The number of hydrogen-bond acceptors (Lipinski definition) is 3. The molecule has 3 rings (SSSR count). The van der Waals surface area contributed by atoms with Crippen LogP contribution >= 0.6 is 11.6 Å². The smallest absolute Gasteiger partial charge is 0.253 e.